The topological polar surface area (TPSA) is 80.1 Å². The molecule has 0 bridgehead atoms. The van der Waals surface area contributed by atoms with Crippen LogP contribution >= 0.6 is 11.3 Å². The maximum atomic E-state index is 12.8. The Morgan fingerprint density at radius 1 is 1.29 bits per heavy atom. The number of hydrogen-bond acceptors (Lipinski definition) is 6. The third-order valence-corrected chi connectivity index (χ3v) is 6.14. The Kier molecular flexibility index (Phi) is 5.38. The molecular formula is C20H23N5O2S. The molecule has 0 saturated heterocycles. The van der Waals surface area contributed by atoms with Crippen molar-refractivity contribution < 1.29 is 4.79 Å². The Bertz CT molecular complexity index is 1020. The van der Waals surface area contributed by atoms with E-state index in [9.17, 15) is 9.59 Å². The lowest BCUT2D eigenvalue weighted by molar-refractivity contribution is -0.122. The quantitative estimate of drug-likeness (QED) is 0.691. The number of fused-ring (bicyclic) bond motifs is 1. The van der Waals surface area contributed by atoms with E-state index < -0.39 is 0 Å². The third-order valence-electron chi connectivity index (χ3n) is 5.00. The van der Waals surface area contributed by atoms with Gasteiger partial charge in [0.05, 0.1) is 0 Å². The van der Waals surface area contributed by atoms with Gasteiger partial charge < -0.3 is 10.2 Å². The monoisotopic (exact) mass is 397 g/mol. The molecule has 1 fully saturated rings. The Balaban J connectivity index is 1.50. The highest BCUT2D eigenvalue weighted by atomic mass is 32.1. The van der Waals surface area contributed by atoms with Crippen molar-refractivity contribution in [2.75, 3.05) is 11.9 Å². The maximum absolute atomic E-state index is 12.8. The molecule has 0 aliphatic heterocycles. The first-order valence-electron chi connectivity index (χ1n) is 9.50. The number of nitrogens with zero attached hydrogens (tertiary/aromatic N) is 4. The zero-order valence-electron chi connectivity index (χ0n) is 15.8. The van der Waals surface area contributed by atoms with E-state index in [4.69, 9.17) is 0 Å². The fourth-order valence-electron chi connectivity index (χ4n) is 3.53. The van der Waals surface area contributed by atoms with Crippen LogP contribution in [0.2, 0.25) is 0 Å². The number of anilines is 1. The second-order valence-electron chi connectivity index (χ2n) is 7.22. The van der Waals surface area contributed by atoms with Gasteiger partial charge in [-0.25, -0.2) is 4.98 Å². The summed E-state index contributed by atoms with van der Waals surface area (Å²) in [4.78, 5) is 35.8. The van der Waals surface area contributed by atoms with Crippen LogP contribution in [0.25, 0.3) is 10.3 Å². The van der Waals surface area contributed by atoms with Crippen molar-refractivity contribution in [1.29, 1.82) is 0 Å². The van der Waals surface area contributed by atoms with Crippen molar-refractivity contribution in [1.82, 2.24) is 19.9 Å². The molecule has 1 amide bonds. The lowest BCUT2D eigenvalue weighted by Gasteiger charge is -2.15. The fraction of sp³-hybridized carbons (Fsp3) is 0.400. The van der Waals surface area contributed by atoms with Gasteiger partial charge >= 0.3 is 0 Å². The number of rotatable bonds is 6. The number of benzene rings is 1. The average molecular weight is 398 g/mol. The van der Waals surface area contributed by atoms with Crippen LogP contribution < -0.4 is 15.8 Å². The largest absolute Gasteiger partial charge is 0.352 e. The number of nitrogens with one attached hydrogen (secondary N) is 1. The molecular weight excluding hydrogens is 374 g/mol. The van der Waals surface area contributed by atoms with Gasteiger partial charge in [0.2, 0.25) is 5.91 Å². The summed E-state index contributed by atoms with van der Waals surface area (Å²) in [6.07, 6.45) is 5.75. The van der Waals surface area contributed by atoms with E-state index in [2.05, 4.69) is 27.4 Å². The van der Waals surface area contributed by atoms with Crippen LogP contribution in [0.5, 0.6) is 0 Å². The predicted octanol–water partition coefficient (Wildman–Crippen LogP) is 2.55. The SMILES string of the molecule is CN(Cc1ccccc1)c1nc2ncn(CC(=O)NC3CCCC3)c(=O)c2s1. The molecule has 2 aromatic heterocycles. The fourth-order valence-corrected chi connectivity index (χ4v) is 4.46. The van der Waals surface area contributed by atoms with Gasteiger partial charge in [-0.05, 0) is 18.4 Å². The molecule has 4 rings (SSSR count). The minimum Gasteiger partial charge on any atom is -0.352 e. The second-order valence-corrected chi connectivity index (χ2v) is 8.19. The number of thiazole rings is 1. The zero-order chi connectivity index (χ0) is 19.5. The molecule has 1 N–H and O–H groups in total. The molecule has 1 aliphatic carbocycles. The molecule has 1 aliphatic rings. The molecule has 8 heteroatoms. The van der Waals surface area contributed by atoms with E-state index in [1.54, 1.807) is 0 Å². The summed E-state index contributed by atoms with van der Waals surface area (Å²) in [6.45, 7) is 0.685. The summed E-state index contributed by atoms with van der Waals surface area (Å²) < 4.78 is 1.84. The van der Waals surface area contributed by atoms with Crippen LogP contribution in [0, 0.1) is 0 Å². The number of carbonyl (C=O) groups is 1. The summed E-state index contributed by atoms with van der Waals surface area (Å²) in [6, 6.07) is 10.3. The van der Waals surface area contributed by atoms with Gasteiger partial charge in [0.25, 0.3) is 5.56 Å². The van der Waals surface area contributed by atoms with Crippen LogP contribution in [0.15, 0.2) is 41.5 Å². The normalized spacial score (nSPS) is 14.5. The van der Waals surface area contributed by atoms with Gasteiger partial charge in [0.15, 0.2) is 10.8 Å². The number of hydrogen-bond donors (Lipinski definition) is 1. The second kappa shape index (κ2) is 8.10. The summed E-state index contributed by atoms with van der Waals surface area (Å²) in [5.41, 5.74) is 1.37. The Morgan fingerprint density at radius 2 is 2.04 bits per heavy atom. The summed E-state index contributed by atoms with van der Waals surface area (Å²) in [7, 11) is 1.94. The van der Waals surface area contributed by atoms with Crippen LogP contribution in [0.3, 0.4) is 0 Å². The molecule has 3 aromatic rings. The van der Waals surface area contributed by atoms with Gasteiger partial charge in [-0.1, -0.05) is 54.5 Å². The van der Waals surface area contributed by atoms with E-state index in [1.807, 2.05) is 30.1 Å². The Labute approximate surface area is 167 Å². The number of aromatic nitrogens is 3. The van der Waals surface area contributed by atoms with Gasteiger partial charge in [-0.3, -0.25) is 14.2 Å². The minimum absolute atomic E-state index is 0.00857. The van der Waals surface area contributed by atoms with Crippen LogP contribution in [0.1, 0.15) is 31.2 Å². The lowest BCUT2D eigenvalue weighted by Crippen LogP contribution is -2.37. The van der Waals surface area contributed by atoms with Gasteiger partial charge in [-0.15, -0.1) is 0 Å². The van der Waals surface area contributed by atoms with E-state index >= 15 is 0 Å². The van der Waals surface area contributed by atoms with E-state index in [1.165, 1.54) is 27.8 Å². The predicted molar refractivity (Wildman–Crippen MR) is 111 cm³/mol. The maximum Gasteiger partial charge on any atom is 0.273 e. The van der Waals surface area contributed by atoms with Crippen molar-refractivity contribution >= 4 is 32.7 Å². The Hall–Kier alpha value is -2.74. The summed E-state index contributed by atoms with van der Waals surface area (Å²) >= 11 is 1.31. The molecule has 28 heavy (non-hydrogen) atoms. The van der Waals surface area contributed by atoms with Crippen LogP contribution in [0.4, 0.5) is 5.13 Å². The highest BCUT2D eigenvalue weighted by Gasteiger charge is 2.19. The molecule has 0 spiro atoms. The molecule has 146 valence electrons. The first-order valence-corrected chi connectivity index (χ1v) is 10.3. The first-order chi connectivity index (χ1) is 13.6. The van der Waals surface area contributed by atoms with Crippen molar-refractivity contribution in [2.24, 2.45) is 0 Å². The summed E-state index contributed by atoms with van der Waals surface area (Å²) in [5.74, 6) is -0.138. The number of amides is 1. The Morgan fingerprint density at radius 3 is 2.79 bits per heavy atom. The molecule has 1 aromatic carbocycles. The first kappa shape index (κ1) is 18.6. The van der Waals surface area contributed by atoms with Gasteiger partial charge in [0.1, 0.15) is 17.6 Å². The smallest absolute Gasteiger partial charge is 0.273 e. The van der Waals surface area contributed by atoms with Crippen molar-refractivity contribution in [2.45, 2.75) is 44.8 Å². The highest BCUT2D eigenvalue weighted by molar-refractivity contribution is 7.22. The van der Waals surface area contributed by atoms with E-state index in [-0.39, 0.29) is 24.1 Å². The molecule has 1 saturated carbocycles. The van der Waals surface area contributed by atoms with Crippen LogP contribution in [-0.2, 0) is 17.9 Å². The molecule has 2 heterocycles. The third kappa shape index (κ3) is 4.06. The zero-order valence-corrected chi connectivity index (χ0v) is 16.6. The van der Waals surface area contributed by atoms with Crippen molar-refractivity contribution in [3.63, 3.8) is 0 Å². The van der Waals surface area contributed by atoms with E-state index in [0.717, 1.165) is 30.8 Å². The van der Waals surface area contributed by atoms with Crippen molar-refractivity contribution in [3.05, 3.63) is 52.6 Å². The highest BCUT2D eigenvalue weighted by Crippen LogP contribution is 2.25. The average Bonchev–Trinajstić information content (AvgIpc) is 3.35. The van der Waals surface area contributed by atoms with Crippen molar-refractivity contribution in [3.8, 4) is 0 Å². The lowest BCUT2D eigenvalue weighted by atomic mass is 10.2. The van der Waals surface area contributed by atoms with Crippen LogP contribution in [-0.4, -0.2) is 33.5 Å². The summed E-state index contributed by atoms with van der Waals surface area (Å²) in [5, 5.41) is 3.74. The van der Waals surface area contributed by atoms with E-state index in [0.29, 0.717) is 16.9 Å². The molecule has 0 radical (unpaired) electrons. The standard InChI is InChI=1S/C20H23N5O2S/c1-24(11-14-7-3-2-4-8-14)20-23-18-17(28-20)19(27)25(13-21-18)12-16(26)22-15-9-5-6-10-15/h2-4,7-8,13,15H,5-6,9-12H2,1H3,(H,22,26). The molecule has 7 nitrogen and oxygen atoms in total. The van der Waals surface area contributed by atoms with Gasteiger partial charge in [-0.2, -0.15) is 4.98 Å². The molecule has 0 unspecified atom stereocenters. The number of carbonyl (C=O) groups excluding carboxylic acids is 1. The molecule has 0 atom stereocenters. The minimum atomic E-state index is -0.219. The van der Waals surface area contributed by atoms with Gasteiger partial charge in [0, 0.05) is 19.6 Å².